The van der Waals surface area contributed by atoms with Gasteiger partial charge in [0.15, 0.2) is 0 Å². The second-order valence-corrected chi connectivity index (χ2v) is 9.41. The van der Waals surface area contributed by atoms with Crippen molar-refractivity contribution in [3.05, 3.63) is 59.2 Å². The number of halogens is 3. The van der Waals surface area contributed by atoms with Crippen LogP contribution in [0.2, 0.25) is 0 Å². The third-order valence-corrected chi connectivity index (χ3v) is 6.95. The number of piperazine rings is 1. The van der Waals surface area contributed by atoms with E-state index in [0.29, 0.717) is 42.3 Å². The van der Waals surface area contributed by atoms with E-state index in [1.54, 1.807) is 30.1 Å². The van der Waals surface area contributed by atoms with Crippen molar-refractivity contribution in [2.24, 2.45) is 0 Å². The van der Waals surface area contributed by atoms with Crippen molar-refractivity contribution in [3.8, 4) is 0 Å². The van der Waals surface area contributed by atoms with E-state index in [0.717, 1.165) is 17.7 Å². The van der Waals surface area contributed by atoms with Crippen LogP contribution < -0.4 is 9.62 Å². The minimum absolute atomic E-state index is 0.160. The Morgan fingerprint density at radius 3 is 2.20 bits per heavy atom. The van der Waals surface area contributed by atoms with Crippen molar-refractivity contribution in [1.29, 1.82) is 0 Å². The van der Waals surface area contributed by atoms with E-state index in [-0.39, 0.29) is 5.91 Å². The summed E-state index contributed by atoms with van der Waals surface area (Å²) in [7, 11) is -1.12. The Balaban J connectivity index is 1.71. The number of nitrogens with one attached hydrogen (secondary N) is 1. The Morgan fingerprint density at radius 2 is 1.67 bits per heavy atom. The largest absolute Gasteiger partial charge is 0.416 e. The number of aryl methyl sites for hydroxylation is 1. The van der Waals surface area contributed by atoms with Gasteiger partial charge in [-0.3, -0.25) is 4.79 Å². The maximum atomic E-state index is 13.0. The molecule has 2 aromatic carbocycles. The molecule has 1 N–H and O–H groups in total. The van der Waals surface area contributed by atoms with Crippen molar-refractivity contribution in [1.82, 2.24) is 9.62 Å². The van der Waals surface area contributed by atoms with Gasteiger partial charge in [0.25, 0.3) is 5.91 Å². The van der Waals surface area contributed by atoms with E-state index < -0.39 is 21.4 Å². The standard InChI is InChI=1S/C21H24F3N3O2S/c1-15-4-9-18(30(3,29)25-2)14-19(15)20(28)27-12-10-26(11-13-27)17-7-5-16(6-8-17)21(22,23)24/h4-9,14H,3,10-13H2,1-2H3,(H,25,29). The molecule has 0 saturated carbocycles. The van der Waals surface area contributed by atoms with Gasteiger partial charge in [-0.2, -0.15) is 13.2 Å². The highest BCUT2D eigenvalue weighted by molar-refractivity contribution is 7.98. The molecule has 162 valence electrons. The van der Waals surface area contributed by atoms with Crippen molar-refractivity contribution < 1.29 is 22.2 Å². The number of benzene rings is 2. The van der Waals surface area contributed by atoms with Crippen molar-refractivity contribution in [2.75, 3.05) is 38.1 Å². The number of alkyl halides is 3. The number of anilines is 1. The summed E-state index contributed by atoms with van der Waals surface area (Å²) in [5, 5.41) is 0. The SMILES string of the molecule is C=S(=O)(NC)c1ccc(C)c(C(=O)N2CCN(c3ccc(C(F)(F)F)cc3)CC2)c1. The Morgan fingerprint density at radius 1 is 1.07 bits per heavy atom. The summed E-state index contributed by atoms with van der Waals surface area (Å²) in [4.78, 5) is 17.2. The average Bonchev–Trinajstić information content (AvgIpc) is 2.73. The van der Waals surface area contributed by atoms with E-state index in [9.17, 15) is 22.2 Å². The fourth-order valence-corrected chi connectivity index (χ4v) is 4.19. The molecule has 0 bridgehead atoms. The maximum Gasteiger partial charge on any atom is 0.416 e. The Bertz CT molecular complexity index is 1030. The zero-order valence-electron chi connectivity index (χ0n) is 16.8. The van der Waals surface area contributed by atoms with Crippen LogP contribution in [0.3, 0.4) is 0 Å². The average molecular weight is 440 g/mol. The van der Waals surface area contributed by atoms with E-state index >= 15 is 0 Å². The molecule has 9 heteroatoms. The van der Waals surface area contributed by atoms with Gasteiger partial charge in [0.05, 0.1) is 15.3 Å². The molecule has 0 aromatic heterocycles. The molecule has 1 aliphatic heterocycles. The molecule has 1 unspecified atom stereocenters. The van der Waals surface area contributed by atoms with Crippen molar-refractivity contribution in [2.45, 2.75) is 18.0 Å². The van der Waals surface area contributed by atoms with Crippen LogP contribution in [0, 0.1) is 6.92 Å². The lowest BCUT2D eigenvalue weighted by molar-refractivity contribution is -0.137. The van der Waals surface area contributed by atoms with Crippen LogP contribution in [-0.4, -0.2) is 54.1 Å². The summed E-state index contributed by atoms with van der Waals surface area (Å²) in [6.45, 7) is 3.72. The molecule has 1 fully saturated rings. The van der Waals surface area contributed by atoms with E-state index in [2.05, 4.69) is 10.6 Å². The van der Waals surface area contributed by atoms with Crippen LogP contribution in [0.4, 0.5) is 18.9 Å². The predicted octanol–water partition coefficient (Wildman–Crippen LogP) is 3.19. The highest BCUT2D eigenvalue weighted by Gasteiger charge is 2.30. The lowest BCUT2D eigenvalue weighted by Gasteiger charge is -2.36. The second kappa shape index (κ2) is 8.31. The lowest BCUT2D eigenvalue weighted by atomic mass is 10.1. The van der Waals surface area contributed by atoms with Crippen LogP contribution in [0.15, 0.2) is 47.4 Å². The number of rotatable bonds is 4. The fraction of sp³-hybridized carbons (Fsp3) is 0.333. The Labute approximate surface area is 174 Å². The van der Waals surface area contributed by atoms with Gasteiger partial charge in [-0.1, -0.05) is 6.07 Å². The van der Waals surface area contributed by atoms with Gasteiger partial charge in [0, 0.05) is 42.3 Å². The molecule has 1 amide bonds. The monoisotopic (exact) mass is 439 g/mol. The summed E-state index contributed by atoms with van der Waals surface area (Å²) in [6, 6.07) is 10.1. The van der Waals surface area contributed by atoms with Gasteiger partial charge in [-0.25, -0.2) is 8.93 Å². The Hall–Kier alpha value is -2.52. The first-order valence-electron chi connectivity index (χ1n) is 9.41. The quantitative estimate of drug-likeness (QED) is 0.745. The number of hydrogen-bond donors (Lipinski definition) is 1. The molecular formula is C21H24F3N3O2S. The highest BCUT2D eigenvalue weighted by atomic mass is 32.2. The molecule has 5 nitrogen and oxygen atoms in total. The van der Waals surface area contributed by atoms with Crippen LogP contribution >= 0.6 is 0 Å². The summed E-state index contributed by atoms with van der Waals surface area (Å²) < 4.78 is 53.4. The zero-order chi connectivity index (χ0) is 22.1. The van der Waals surface area contributed by atoms with Gasteiger partial charge < -0.3 is 9.80 Å². The zero-order valence-corrected chi connectivity index (χ0v) is 17.6. The summed E-state index contributed by atoms with van der Waals surface area (Å²) in [5.74, 6) is 3.52. The van der Waals surface area contributed by atoms with Gasteiger partial charge in [0.2, 0.25) is 0 Å². The van der Waals surface area contributed by atoms with Crippen LogP contribution in [-0.2, 0) is 15.9 Å². The van der Waals surface area contributed by atoms with E-state index in [1.807, 2.05) is 11.8 Å². The van der Waals surface area contributed by atoms with Gasteiger partial charge in [0.1, 0.15) is 0 Å². The molecule has 0 aliphatic carbocycles. The molecule has 3 rings (SSSR count). The second-order valence-electron chi connectivity index (χ2n) is 7.18. The minimum Gasteiger partial charge on any atom is -0.368 e. The van der Waals surface area contributed by atoms with Crippen LogP contribution in [0.25, 0.3) is 0 Å². The first-order chi connectivity index (χ1) is 14.0. The molecule has 2 aromatic rings. The van der Waals surface area contributed by atoms with E-state index in [4.69, 9.17) is 0 Å². The van der Waals surface area contributed by atoms with Crippen molar-refractivity contribution >= 4 is 27.2 Å². The van der Waals surface area contributed by atoms with Gasteiger partial charge in [-0.05, 0) is 61.8 Å². The summed E-state index contributed by atoms with van der Waals surface area (Å²) in [6.07, 6.45) is -4.36. The molecule has 0 spiro atoms. The number of carbonyl (C=O) groups excluding carboxylic acids is 1. The fourth-order valence-electron chi connectivity index (χ4n) is 3.35. The molecule has 30 heavy (non-hydrogen) atoms. The van der Waals surface area contributed by atoms with Gasteiger partial charge >= 0.3 is 6.18 Å². The van der Waals surface area contributed by atoms with E-state index in [1.165, 1.54) is 12.1 Å². The third-order valence-electron chi connectivity index (χ3n) is 5.28. The number of nitrogens with zero attached hydrogens (tertiary/aromatic N) is 2. The normalized spacial score (nSPS) is 17.0. The molecular weight excluding hydrogens is 415 g/mol. The summed E-state index contributed by atoms with van der Waals surface area (Å²) in [5.41, 5.74) is 1.26. The maximum absolute atomic E-state index is 13.0. The molecule has 1 aliphatic rings. The van der Waals surface area contributed by atoms with Gasteiger partial charge in [-0.15, -0.1) is 0 Å². The minimum atomic E-state index is -4.36. The molecule has 1 heterocycles. The third kappa shape index (κ3) is 4.62. The topological polar surface area (TPSA) is 52.7 Å². The first-order valence-corrected chi connectivity index (χ1v) is 11.1. The number of amides is 1. The molecule has 1 atom stereocenters. The lowest BCUT2D eigenvalue weighted by Crippen LogP contribution is -2.49. The van der Waals surface area contributed by atoms with Crippen molar-refractivity contribution in [3.63, 3.8) is 0 Å². The smallest absolute Gasteiger partial charge is 0.368 e. The Kier molecular flexibility index (Phi) is 6.14. The first kappa shape index (κ1) is 22.2. The highest BCUT2D eigenvalue weighted by Crippen LogP contribution is 2.30. The molecule has 0 radical (unpaired) electrons. The molecule has 1 saturated heterocycles. The van der Waals surface area contributed by atoms with Crippen LogP contribution in [0.5, 0.6) is 0 Å². The number of carbonyl (C=O) groups is 1. The number of hydrogen-bond acceptors (Lipinski definition) is 3. The predicted molar refractivity (Wildman–Crippen MR) is 113 cm³/mol. The van der Waals surface area contributed by atoms with Crippen LogP contribution in [0.1, 0.15) is 21.5 Å². The summed E-state index contributed by atoms with van der Waals surface area (Å²) >= 11 is 0.